The van der Waals surface area contributed by atoms with E-state index >= 15 is 0 Å². The summed E-state index contributed by atoms with van der Waals surface area (Å²) in [5.74, 6) is 0. The van der Waals surface area contributed by atoms with E-state index in [-0.39, 0.29) is 0 Å². The van der Waals surface area contributed by atoms with Crippen LogP contribution in [0.2, 0.25) is 19.6 Å². The summed E-state index contributed by atoms with van der Waals surface area (Å²) >= 11 is 0. The van der Waals surface area contributed by atoms with E-state index in [9.17, 15) is 0 Å². The lowest BCUT2D eigenvalue weighted by molar-refractivity contribution is 0.212. The van der Waals surface area contributed by atoms with E-state index in [1.807, 2.05) is 0 Å². The predicted molar refractivity (Wildman–Crippen MR) is 52.3 cm³/mol. The van der Waals surface area contributed by atoms with Crippen molar-refractivity contribution in [2.45, 2.75) is 19.6 Å². The third-order valence-electron chi connectivity index (χ3n) is 2.17. The van der Waals surface area contributed by atoms with Crippen LogP contribution in [0.3, 0.4) is 0 Å². The quantitative estimate of drug-likeness (QED) is 0.616. The first-order valence-corrected chi connectivity index (χ1v) is 8.90. The van der Waals surface area contributed by atoms with Crippen LogP contribution >= 0.6 is 0 Å². The minimum atomic E-state index is -1.97. The zero-order valence-electron chi connectivity index (χ0n) is 8.34. The van der Waals surface area contributed by atoms with Crippen LogP contribution in [-0.4, -0.2) is 43.2 Å². The van der Waals surface area contributed by atoms with Gasteiger partial charge in [0.1, 0.15) is 8.96 Å². The second-order valence-electron chi connectivity index (χ2n) is 3.01. The van der Waals surface area contributed by atoms with Crippen molar-refractivity contribution < 1.29 is 8.85 Å². The van der Waals surface area contributed by atoms with Gasteiger partial charge < -0.3 is 13.1 Å². The molecule has 3 nitrogen and oxygen atoms in total. The normalized spacial score (nSPS) is 13.1. The smallest absolute Gasteiger partial charge is 0.386 e. The van der Waals surface area contributed by atoms with Gasteiger partial charge in [-0.15, -0.1) is 0 Å². The number of rotatable bonds is 4. The molecule has 0 radical (unpaired) electrons. The molecule has 5 heteroatoms. The number of hydrogen-bond donors (Lipinski definition) is 0. The molecule has 0 aliphatic carbocycles. The second kappa shape index (κ2) is 4.37. The highest BCUT2D eigenvalue weighted by atomic mass is 28.4. The van der Waals surface area contributed by atoms with Crippen LogP contribution in [0.1, 0.15) is 0 Å². The minimum absolute atomic E-state index is 0.780. The molecule has 0 N–H and O–H groups in total. The first-order chi connectivity index (χ1) is 4.98. The summed E-state index contributed by atoms with van der Waals surface area (Å²) in [4.78, 5) is 0. The molecule has 0 heterocycles. The average molecular weight is 193 g/mol. The van der Waals surface area contributed by atoms with Crippen LogP contribution in [-0.2, 0) is 8.85 Å². The monoisotopic (exact) mass is 193 g/mol. The van der Waals surface area contributed by atoms with Gasteiger partial charge >= 0.3 is 8.72 Å². The third-order valence-corrected chi connectivity index (χ3v) is 9.47. The molecular formula is C6H19NO2Si2. The van der Waals surface area contributed by atoms with Gasteiger partial charge in [0.15, 0.2) is 0 Å². The highest BCUT2D eigenvalue weighted by Crippen LogP contribution is 2.10. The van der Waals surface area contributed by atoms with Gasteiger partial charge in [0.25, 0.3) is 0 Å². The molecule has 0 bridgehead atoms. The summed E-state index contributed by atoms with van der Waals surface area (Å²) in [6, 6.07) is 0. The molecule has 0 aromatic rings. The van der Waals surface area contributed by atoms with E-state index in [1.165, 1.54) is 0 Å². The molecule has 0 aliphatic rings. The van der Waals surface area contributed by atoms with Crippen molar-refractivity contribution in [1.82, 2.24) is 4.23 Å². The van der Waals surface area contributed by atoms with Gasteiger partial charge in [0.2, 0.25) is 0 Å². The van der Waals surface area contributed by atoms with Crippen molar-refractivity contribution in [3.8, 4) is 0 Å². The zero-order valence-corrected chi connectivity index (χ0v) is 10.5. The third kappa shape index (κ3) is 2.68. The van der Waals surface area contributed by atoms with Gasteiger partial charge in [-0.25, -0.2) is 0 Å². The topological polar surface area (TPSA) is 21.7 Å². The molecule has 0 fully saturated rings. The summed E-state index contributed by atoms with van der Waals surface area (Å²) in [6.45, 7) is 6.60. The maximum absolute atomic E-state index is 5.39. The van der Waals surface area contributed by atoms with Crippen LogP contribution in [0.25, 0.3) is 0 Å². The van der Waals surface area contributed by atoms with E-state index < -0.39 is 17.7 Å². The van der Waals surface area contributed by atoms with Crippen LogP contribution < -0.4 is 0 Å². The fourth-order valence-corrected chi connectivity index (χ4v) is 5.97. The number of nitrogens with zero attached hydrogens (tertiary/aromatic N) is 1. The average Bonchev–Trinajstić information content (AvgIpc) is 2.01. The Morgan fingerprint density at radius 2 is 1.55 bits per heavy atom. The van der Waals surface area contributed by atoms with Gasteiger partial charge in [-0.05, 0) is 13.6 Å². The van der Waals surface area contributed by atoms with Crippen LogP contribution in [0, 0.1) is 0 Å². The molecule has 11 heavy (non-hydrogen) atoms. The lowest BCUT2D eigenvalue weighted by atomic mass is 11.6. The summed E-state index contributed by atoms with van der Waals surface area (Å²) in [6.07, 6.45) is 0. The predicted octanol–water partition coefficient (Wildman–Crippen LogP) is 0.763. The fourth-order valence-electron chi connectivity index (χ4n) is 0.840. The van der Waals surface area contributed by atoms with Gasteiger partial charge in [0, 0.05) is 14.2 Å². The van der Waals surface area contributed by atoms with Crippen LogP contribution in [0.5, 0.6) is 0 Å². The lowest BCUT2D eigenvalue weighted by Gasteiger charge is -2.34. The molecular weight excluding hydrogens is 174 g/mol. The molecule has 68 valence electrons. The first-order valence-electron chi connectivity index (χ1n) is 3.81. The van der Waals surface area contributed by atoms with E-state index in [2.05, 4.69) is 30.9 Å². The maximum atomic E-state index is 5.39. The van der Waals surface area contributed by atoms with Crippen molar-refractivity contribution >= 4 is 17.7 Å². The summed E-state index contributed by atoms with van der Waals surface area (Å²) in [5.41, 5.74) is 0. The largest absolute Gasteiger partial charge is 0.416 e. The first kappa shape index (κ1) is 11.3. The zero-order chi connectivity index (χ0) is 9.07. The van der Waals surface area contributed by atoms with Crippen molar-refractivity contribution in [1.29, 1.82) is 0 Å². The Morgan fingerprint density at radius 3 is 1.64 bits per heavy atom. The minimum Gasteiger partial charge on any atom is -0.386 e. The number of hydrogen-bond acceptors (Lipinski definition) is 3. The summed E-state index contributed by atoms with van der Waals surface area (Å²) < 4.78 is 13.1. The molecule has 0 saturated carbocycles. The standard InChI is InChI=1S/C6H19NO2Si2/c1-7(10(4)5)11(6,8-2)9-3/h10H,1-6H3. The van der Waals surface area contributed by atoms with E-state index in [0.717, 1.165) is 0 Å². The van der Waals surface area contributed by atoms with Gasteiger partial charge in [0.05, 0.1) is 0 Å². The Balaban J connectivity index is 4.24. The Kier molecular flexibility index (Phi) is 4.49. The Hall–Kier alpha value is 0.314. The maximum Gasteiger partial charge on any atom is 0.416 e. The van der Waals surface area contributed by atoms with Crippen LogP contribution in [0.15, 0.2) is 0 Å². The SMILES string of the molecule is CO[Si](C)(OC)N(C)[SiH](C)C. The van der Waals surface area contributed by atoms with Crippen molar-refractivity contribution in [3.63, 3.8) is 0 Å². The fraction of sp³-hybridized carbons (Fsp3) is 1.00. The van der Waals surface area contributed by atoms with Crippen molar-refractivity contribution in [3.05, 3.63) is 0 Å². The highest BCUT2D eigenvalue weighted by Gasteiger charge is 2.36. The van der Waals surface area contributed by atoms with Gasteiger partial charge in [-0.2, -0.15) is 0 Å². The van der Waals surface area contributed by atoms with E-state index in [1.54, 1.807) is 14.2 Å². The second-order valence-corrected chi connectivity index (χ2v) is 9.81. The summed E-state index contributed by atoms with van der Waals surface area (Å²) in [5, 5.41) is 0. The molecule has 0 aromatic heterocycles. The van der Waals surface area contributed by atoms with Gasteiger partial charge in [-0.1, -0.05) is 13.1 Å². The Morgan fingerprint density at radius 1 is 1.18 bits per heavy atom. The van der Waals surface area contributed by atoms with Gasteiger partial charge in [-0.3, -0.25) is 0 Å². The summed E-state index contributed by atoms with van der Waals surface area (Å²) in [7, 11) is 2.80. The molecule has 0 unspecified atom stereocenters. The van der Waals surface area contributed by atoms with Crippen molar-refractivity contribution in [2.24, 2.45) is 0 Å². The lowest BCUT2D eigenvalue weighted by Crippen LogP contribution is -2.57. The van der Waals surface area contributed by atoms with E-state index in [0.29, 0.717) is 0 Å². The molecule has 0 aromatic carbocycles. The Labute approximate surface area is 72.3 Å². The van der Waals surface area contributed by atoms with Crippen molar-refractivity contribution in [2.75, 3.05) is 21.3 Å². The van der Waals surface area contributed by atoms with E-state index in [4.69, 9.17) is 8.85 Å². The molecule has 0 saturated heterocycles. The molecule has 0 rings (SSSR count). The molecule has 0 amide bonds. The van der Waals surface area contributed by atoms with Crippen LogP contribution in [0.4, 0.5) is 0 Å². The molecule has 0 spiro atoms. The Bertz CT molecular complexity index is 117. The highest BCUT2D eigenvalue weighted by molar-refractivity contribution is 6.75. The molecule has 0 aliphatic heterocycles. The molecule has 0 atom stereocenters.